The van der Waals surface area contributed by atoms with Gasteiger partial charge in [0.2, 0.25) is 0 Å². The van der Waals surface area contributed by atoms with Gasteiger partial charge in [-0.3, -0.25) is 4.90 Å². The third-order valence-electron chi connectivity index (χ3n) is 3.96. The topological polar surface area (TPSA) is 73.7 Å². The van der Waals surface area contributed by atoms with Gasteiger partial charge >= 0.3 is 18.2 Å². The lowest BCUT2D eigenvalue weighted by Gasteiger charge is -2.17. The summed E-state index contributed by atoms with van der Waals surface area (Å²) in [4.78, 5) is 30.7. The lowest BCUT2D eigenvalue weighted by Crippen LogP contribution is -2.31. The van der Waals surface area contributed by atoms with E-state index < -0.39 is 17.7 Å². The molecular formula is C16H14F3N3O3S. The van der Waals surface area contributed by atoms with Crippen LogP contribution in [0.25, 0.3) is 0 Å². The summed E-state index contributed by atoms with van der Waals surface area (Å²) in [6.07, 6.45) is -4.40. The lowest BCUT2D eigenvalue weighted by molar-refractivity contribution is -0.137. The summed E-state index contributed by atoms with van der Waals surface area (Å²) in [6.45, 7) is 2.44. The van der Waals surface area contributed by atoms with Crippen LogP contribution < -0.4 is 4.90 Å². The molecule has 2 aromatic rings. The second-order valence-corrected chi connectivity index (χ2v) is 6.74. The van der Waals surface area contributed by atoms with E-state index in [1.165, 1.54) is 21.9 Å². The fourth-order valence-corrected chi connectivity index (χ4v) is 3.55. The highest BCUT2D eigenvalue weighted by Gasteiger charge is 2.33. The zero-order valence-corrected chi connectivity index (χ0v) is 14.4. The van der Waals surface area contributed by atoms with E-state index in [1.807, 2.05) is 0 Å². The minimum atomic E-state index is -4.40. The maximum Gasteiger partial charge on any atom is 0.416 e. The summed E-state index contributed by atoms with van der Waals surface area (Å²) >= 11 is 0.924. The number of nitrogens with zero attached hydrogens (tertiary/aromatic N) is 3. The average Bonchev–Trinajstić information content (AvgIpc) is 3.11. The number of aryl methyl sites for hydroxylation is 1. The van der Waals surface area contributed by atoms with E-state index in [0.717, 1.165) is 23.5 Å². The van der Waals surface area contributed by atoms with Gasteiger partial charge in [-0.05, 0) is 24.6 Å². The van der Waals surface area contributed by atoms with Crippen molar-refractivity contribution in [3.05, 3.63) is 46.0 Å². The van der Waals surface area contributed by atoms with Gasteiger partial charge in [0.1, 0.15) is 4.88 Å². The molecule has 1 fully saturated rings. The van der Waals surface area contributed by atoms with Crippen molar-refractivity contribution in [2.45, 2.75) is 19.6 Å². The molecule has 1 aromatic carbocycles. The summed E-state index contributed by atoms with van der Waals surface area (Å²) in [5.74, 6) is -1.10. The maximum absolute atomic E-state index is 12.6. The Morgan fingerprint density at radius 2 is 1.92 bits per heavy atom. The van der Waals surface area contributed by atoms with Gasteiger partial charge in [-0.1, -0.05) is 23.5 Å². The van der Waals surface area contributed by atoms with Gasteiger partial charge in [-0.15, -0.1) is 0 Å². The molecule has 6 nitrogen and oxygen atoms in total. The number of carboxylic acids is 1. The first-order valence-electron chi connectivity index (χ1n) is 7.60. The zero-order chi connectivity index (χ0) is 19.1. The Labute approximate surface area is 150 Å². The van der Waals surface area contributed by atoms with Crippen molar-refractivity contribution in [3.63, 3.8) is 0 Å². The molecule has 0 radical (unpaired) electrons. The van der Waals surface area contributed by atoms with Gasteiger partial charge in [0.25, 0.3) is 0 Å². The van der Waals surface area contributed by atoms with E-state index in [-0.39, 0.29) is 17.5 Å². The number of carbonyl (C=O) groups is 2. The largest absolute Gasteiger partial charge is 0.477 e. The minimum absolute atomic E-state index is 0.0778. The standard InChI is InChI=1S/C16H14F3N3O3S/c1-9-12(13(23)24)26-14(20-9)22-7-6-21(15(22)25)8-10-2-4-11(5-3-10)16(17,18)19/h2-5H,6-8H2,1H3,(H,23,24). The van der Waals surface area contributed by atoms with Crippen molar-refractivity contribution < 1.29 is 27.9 Å². The number of aromatic carboxylic acids is 1. The number of benzene rings is 1. The monoisotopic (exact) mass is 385 g/mol. The van der Waals surface area contributed by atoms with Gasteiger partial charge in [-0.2, -0.15) is 13.2 Å². The first-order valence-corrected chi connectivity index (χ1v) is 8.42. The normalized spacial score (nSPS) is 15.0. The fourth-order valence-electron chi connectivity index (χ4n) is 2.62. The summed E-state index contributed by atoms with van der Waals surface area (Å²) in [5, 5.41) is 9.40. The van der Waals surface area contributed by atoms with Gasteiger partial charge in [0.15, 0.2) is 5.13 Å². The van der Waals surface area contributed by atoms with Crippen LogP contribution >= 0.6 is 11.3 Å². The number of carboxylic acid groups (broad SMARTS) is 1. The van der Waals surface area contributed by atoms with Crippen LogP contribution in [0.5, 0.6) is 0 Å². The second-order valence-electron chi connectivity index (χ2n) is 5.77. The molecule has 10 heteroatoms. The highest BCUT2D eigenvalue weighted by molar-refractivity contribution is 7.17. The molecular weight excluding hydrogens is 371 g/mol. The van der Waals surface area contributed by atoms with E-state index in [0.29, 0.717) is 29.5 Å². The Balaban J connectivity index is 1.71. The molecule has 0 bridgehead atoms. The van der Waals surface area contributed by atoms with E-state index in [2.05, 4.69) is 4.98 Å². The van der Waals surface area contributed by atoms with Crippen molar-refractivity contribution in [1.29, 1.82) is 0 Å². The molecule has 26 heavy (non-hydrogen) atoms. The number of carbonyl (C=O) groups excluding carboxylic acids is 1. The number of urea groups is 1. The number of amides is 2. The Morgan fingerprint density at radius 3 is 2.46 bits per heavy atom. The Kier molecular flexibility index (Phi) is 4.61. The van der Waals surface area contributed by atoms with Crippen LogP contribution in [0.4, 0.5) is 23.1 Å². The van der Waals surface area contributed by atoms with E-state index in [1.54, 1.807) is 6.92 Å². The smallest absolute Gasteiger partial charge is 0.416 e. The predicted octanol–water partition coefficient (Wildman–Crippen LogP) is 3.61. The minimum Gasteiger partial charge on any atom is -0.477 e. The number of hydrogen-bond donors (Lipinski definition) is 1. The van der Waals surface area contributed by atoms with Crippen LogP contribution in [-0.4, -0.2) is 40.1 Å². The molecule has 1 saturated heterocycles. The van der Waals surface area contributed by atoms with Crippen LogP contribution in [0, 0.1) is 6.92 Å². The number of hydrogen-bond acceptors (Lipinski definition) is 4. The van der Waals surface area contributed by atoms with Crippen molar-refractivity contribution in [3.8, 4) is 0 Å². The van der Waals surface area contributed by atoms with Gasteiger partial charge in [0, 0.05) is 19.6 Å². The van der Waals surface area contributed by atoms with Crippen molar-refractivity contribution in [1.82, 2.24) is 9.88 Å². The molecule has 0 aliphatic carbocycles. The molecule has 3 rings (SSSR count). The first kappa shape index (κ1) is 18.2. The Hall–Kier alpha value is -2.62. The predicted molar refractivity (Wildman–Crippen MR) is 88.4 cm³/mol. The third-order valence-corrected chi connectivity index (χ3v) is 5.13. The average molecular weight is 385 g/mol. The van der Waals surface area contributed by atoms with Gasteiger partial charge in [-0.25, -0.2) is 14.6 Å². The van der Waals surface area contributed by atoms with Crippen molar-refractivity contribution >= 4 is 28.5 Å². The number of anilines is 1. The second kappa shape index (κ2) is 6.60. The van der Waals surface area contributed by atoms with Crippen LogP contribution in [0.15, 0.2) is 24.3 Å². The van der Waals surface area contributed by atoms with E-state index in [9.17, 15) is 22.8 Å². The fraction of sp³-hybridized carbons (Fsp3) is 0.312. The molecule has 2 amide bonds. The number of rotatable bonds is 4. The number of thiazole rings is 1. The molecule has 1 aliphatic rings. The molecule has 0 saturated carbocycles. The van der Waals surface area contributed by atoms with Crippen molar-refractivity contribution in [2.24, 2.45) is 0 Å². The molecule has 1 aliphatic heterocycles. The van der Waals surface area contributed by atoms with Gasteiger partial charge < -0.3 is 10.0 Å². The summed E-state index contributed by atoms with van der Waals surface area (Å²) in [6, 6.07) is 4.30. The van der Waals surface area contributed by atoms with Gasteiger partial charge in [0.05, 0.1) is 11.3 Å². The SMILES string of the molecule is Cc1nc(N2CCN(Cc3ccc(C(F)(F)F)cc3)C2=O)sc1C(=O)O. The number of alkyl halides is 3. The highest BCUT2D eigenvalue weighted by Crippen LogP contribution is 2.31. The van der Waals surface area contributed by atoms with Crippen molar-refractivity contribution in [2.75, 3.05) is 18.0 Å². The summed E-state index contributed by atoms with van der Waals surface area (Å²) in [7, 11) is 0. The Morgan fingerprint density at radius 1 is 1.27 bits per heavy atom. The third kappa shape index (κ3) is 3.50. The molecule has 2 heterocycles. The molecule has 0 unspecified atom stereocenters. The molecule has 1 N–H and O–H groups in total. The first-order chi connectivity index (χ1) is 12.2. The van der Waals surface area contributed by atoms with E-state index >= 15 is 0 Å². The number of halogens is 3. The molecule has 0 spiro atoms. The van der Waals surface area contributed by atoms with Crippen LogP contribution in [-0.2, 0) is 12.7 Å². The van der Waals surface area contributed by atoms with Crippen LogP contribution in [0.2, 0.25) is 0 Å². The van der Waals surface area contributed by atoms with Crippen LogP contribution in [0.3, 0.4) is 0 Å². The lowest BCUT2D eigenvalue weighted by atomic mass is 10.1. The summed E-state index contributed by atoms with van der Waals surface area (Å²) < 4.78 is 37.8. The van der Waals surface area contributed by atoms with E-state index in [4.69, 9.17) is 5.11 Å². The quantitative estimate of drug-likeness (QED) is 0.873. The summed E-state index contributed by atoms with van der Waals surface area (Å²) in [5.41, 5.74) is 0.177. The molecule has 1 aromatic heterocycles. The molecule has 0 atom stereocenters. The zero-order valence-electron chi connectivity index (χ0n) is 13.6. The maximum atomic E-state index is 12.6. The highest BCUT2D eigenvalue weighted by atomic mass is 32.1. The van der Waals surface area contributed by atoms with Crippen LogP contribution in [0.1, 0.15) is 26.5 Å². The number of aromatic nitrogens is 1. The molecule has 138 valence electrons. The Bertz CT molecular complexity index is 849.